The highest BCUT2D eigenvalue weighted by atomic mass is 35.5. The van der Waals surface area contributed by atoms with Crippen LogP contribution in [0.25, 0.3) is 0 Å². The minimum atomic E-state index is -0.955. The van der Waals surface area contributed by atoms with Gasteiger partial charge in [0.25, 0.3) is 0 Å². The van der Waals surface area contributed by atoms with Gasteiger partial charge in [-0.1, -0.05) is 23.7 Å². The van der Waals surface area contributed by atoms with E-state index in [1.54, 1.807) is 6.07 Å². The summed E-state index contributed by atoms with van der Waals surface area (Å²) in [6.07, 6.45) is -0.161. The highest BCUT2D eigenvalue weighted by molar-refractivity contribution is 6.33. The SMILES string of the molecule is COc1c(C)ccc(C(N)CC(=O)O)c1Cl. The lowest BCUT2D eigenvalue weighted by Gasteiger charge is -2.15. The van der Waals surface area contributed by atoms with Crippen molar-refractivity contribution in [1.82, 2.24) is 0 Å². The van der Waals surface area contributed by atoms with Crippen LogP contribution in [0.15, 0.2) is 12.1 Å². The zero-order valence-corrected chi connectivity index (χ0v) is 9.91. The van der Waals surface area contributed by atoms with E-state index < -0.39 is 12.0 Å². The maximum absolute atomic E-state index is 10.6. The molecule has 1 aromatic carbocycles. The number of nitrogens with two attached hydrogens (primary N) is 1. The van der Waals surface area contributed by atoms with Crippen LogP contribution in [0.2, 0.25) is 5.02 Å². The van der Waals surface area contributed by atoms with Gasteiger partial charge < -0.3 is 15.6 Å². The summed E-state index contributed by atoms with van der Waals surface area (Å²) in [5.41, 5.74) is 7.23. The van der Waals surface area contributed by atoms with Crippen LogP contribution in [0.1, 0.15) is 23.6 Å². The fourth-order valence-corrected chi connectivity index (χ4v) is 1.93. The Morgan fingerprint density at radius 3 is 2.75 bits per heavy atom. The largest absolute Gasteiger partial charge is 0.495 e. The summed E-state index contributed by atoms with van der Waals surface area (Å²) < 4.78 is 5.14. The maximum atomic E-state index is 10.6. The zero-order chi connectivity index (χ0) is 12.3. The van der Waals surface area contributed by atoms with Crippen LogP contribution in [-0.4, -0.2) is 18.2 Å². The van der Waals surface area contributed by atoms with Crippen molar-refractivity contribution in [2.45, 2.75) is 19.4 Å². The normalized spacial score (nSPS) is 12.2. The van der Waals surface area contributed by atoms with E-state index in [-0.39, 0.29) is 6.42 Å². The second-order valence-electron chi connectivity index (χ2n) is 3.52. The second kappa shape index (κ2) is 5.18. The molecule has 3 N–H and O–H groups in total. The maximum Gasteiger partial charge on any atom is 0.305 e. The lowest BCUT2D eigenvalue weighted by atomic mass is 10.0. The molecule has 1 rings (SSSR count). The van der Waals surface area contributed by atoms with Crippen molar-refractivity contribution in [2.75, 3.05) is 7.11 Å². The molecule has 16 heavy (non-hydrogen) atoms. The van der Waals surface area contributed by atoms with Gasteiger partial charge in [-0.15, -0.1) is 0 Å². The molecule has 5 heteroatoms. The third-order valence-electron chi connectivity index (χ3n) is 2.32. The number of rotatable bonds is 4. The molecule has 0 spiro atoms. The number of carboxylic acids is 1. The van der Waals surface area contributed by atoms with Gasteiger partial charge in [-0.05, 0) is 18.1 Å². The Morgan fingerprint density at radius 2 is 2.25 bits per heavy atom. The molecule has 0 aromatic heterocycles. The smallest absolute Gasteiger partial charge is 0.305 e. The number of halogens is 1. The van der Waals surface area contributed by atoms with Gasteiger partial charge in [0.15, 0.2) is 0 Å². The van der Waals surface area contributed by atoms with Crippen LogP contribution < -0.4 is 10.5 Å². The van der Waals surface area contributed by atoms with E-state index in [1.807, 2.05) is 13.0 Å². The third-order valence-corrected chi connectivity index (χ3v) is 2.71. The number of aryl methyl sites for hydroxylation is 1. The van der Waals surface area contributed by atoms with Gasteiger partial charge in [-0.25, -0.2) is 0 Å². The number of methoxy groups -OCH3 is 1. The van der Waals surface area contributed by atoms with Gasteiger partial charge in [0, 0.05) is 6.04 Å². The van der Waals surface area contributed by atoms with E-state index in [0.717, 1.165) is 5.56 Å². The molecule has 1 unspecified atom stereocenters. The first-order valence-electron chi connectivity index (χ1n) is 4.77. The monoisotopic (exact) mass is 243 g/mol. The topological polar surface area (TPSA) is 72.5 Å². The zero-order valence-electron chi connectivity index (χ0n) is 9.16. The van der Waals surface area contributed by atoms with Crippen LogP contribution in [0.3, 0.4) is 0 Å². The van der Waals surface area contributed by atoms with E-state index in [2.05, 4.69) is 0 Å². The molecule has 0 saturated heterocycles. The standard InChI is InChI=1S/C11H14ClNO3/c1-6-3-4-7(8(13)5-9(14)15)10(12)11(6)16-2/h3-4,8H,5,13H2,1-2H3,(H,14,15). The first-order valence-corrected chi connectivity index (χ1v) is 5.15. The number of benzene rings is 1. The van der Waals surface area contributed by atoms with Crippen molar-refractivity contribution < 1.29 is 14.6 Å². The van der Waals surface area contributed by atoms with Gasteiger partial charge in [0.1, 0.15) is 5.75 Å². The van der Waals surface area contributed by atoms with Crippen LogP contribution in [0, 0.1) is 6.92 Å². The summed E-state index contributed by atoms with van der Waals surface area (Å²) in [6.45, 7) is 1.86. The molecule has 0 heterocycles. The fraction of sp³-hybridized carbons (Fsp3) is 0.364. The number of ether oxygens (including phenoxy) is 1. The molecule has 0 aliphatic rings. The summed E-state index contributed by atoms with van der Waals surface area (Å²) >= 11 is 6.09. The highest BCUT2D eigenvalue weighted by Gasteiger charge is 2.17. The third kappa shape index (κ3) is 2.65. The molecule has 0 amide bonds. The predicted octanol–water partition coefficient (Wildman–Crippen LogP) is 2.13. The molecule has 1 aromatic rings. The fourth-order valence-electron chi connectivity index (χ4n) is 1.50. The van der Waals surface area contributed by atoms with E-state index in [0.29, 0.717) is 16.3 Å². The Balaban J connectivity index is 3.10. The minimum Gasteiger partial charge on any atom is -0.495 e. The minimum absolute atomic E-state index is 0.161. The quantitative estimate of drug-likeness (QED) is 0.850. The number of aliphatic carboxylic acids is 1. The molecule has 0 aliphatic carbocycles. The Hall–Kier alpha value is -1.26. The summed E-state index contributed by atoms with van der Waals surface area (Å²) in [5, 5.41) is 9.05. The first-order chi connectivity index (χ1) is 7.47. The van der Waals surface area contributed by atoms with Crippen molar-refractivity contribution in [2.24, 2.45) is 5.73 Å². The Bertz CT molecular complexity index is 406. The number of hydrogen-bond donors (Lipinski definition) is 2. The van der Waals surface area contributed by atoms with Gasteiger partial charge in [0.05, 0.1) is 18.6 Å². The summed E-state index contributed by atoms with van der Waals surface area (Å²) in [4.78, 5) is 10.6. The van der Waals surface area contributed by atoms with Gasteiger partial charge >= 0.3 is 5.97 Å². The first kappa shape index (κ1) is 12.8. The van der Waals surface area contributed by atoms with Crippen LogP contribution >= 0.6 is 11.6 Å². The molecular weight excluding hydrogens is 230 g/mol. The van der Waals surface area contributed by atoms with Crippen molar-refractivity contribution in [1.29, 1.82) is 0 Å². The molecule has 1 atom stereocenters. The summed E-state index contributed by atoms with van der Waals surface area (Å²) in [5.74, 6) is -0.414. The van der Waals surface area contributed by atoms with E-state index in [4.69, 9.17) is 27.2 Å². The van der Waals surface area contributed by atoms with Gasteiger partial charge in [0.2, 0.25) is 0 Å². The summed E-state index contributed by atoms with van der Waals surface area (Å²) in [6, 6.07) is 2.91. The number of carboxylic acid groups (broad SMARTS) is 1. The van der Waals surface area contributed by atoms with Crippen molar-refractivity contribution in [3.05, 3.63) is 28.3 Å². The van der Waals surface area contributed by atoms with Gasteiger partial charge in [-0.2, -0.15) is 0 Å². The van der Waals surface area contributed by atoms with Crippen LogP contribution in [-0.2, 0) is 4.79 Å². The van der Waals surface area contributed by atoms with Crippen molar-refractivity contribution >= 4 is 17.6 Å². The predicted molar refractivity (Wildman–Crippen MR) is 61.9 cm³/mol. The Kier molecular flexibility index (Phi) is 4.15. The van der Waals surface area contributed by atoms with E-state index >= 15 is 0 Å². The molecule has 4 nitrogen and oxygen atoms in total. The van der Waals surface area contributed by atoms with Crippen LogP contribution in [0.4, 0.5) is 0 Å². The molecular formula is C11H14ClNO3. The molecule has 0 radical (unpaired) electrons. The molecule has 88 valence electrons. The number of hydrogen-bond acceptors (Lipinski definition) is 3. The highest BCUT2D eigenvalue weighted by Crippen LogP contribution is 2.34. The lowest BCUT2D eigenvalue weighted by molar-refractivity contribution is -0.137. The average Bonchev–Trinajstić information content (AvgIpc) is 2.17. The lowest BCUT2D eigenvalue weighted by Crippen LogP contribution is -2.15. The van der Waals surface area contributed by atoms with Crippen molar-refractivity contribution in [3.63, 3.8) is 0 Å². The molecule has 0 saturated carbocycles. The molecule has 0 bridgehead atoms. The molecule has 0 aliphatic heterocycles. The van der Waals surface area contributed by atoms with E-state index in [1.165, 1.54) is 7.11 Å². The summed E-state index contributed by atoms with van der Waals surface area (Å²) in [7, 11) is 1.51. The Labute approximate surface area is 99.0 Å². The average molecular weight is 244 g/mol. The van der Waals surface area contributed by atoms with Crippen molar-refractivity contribution in [3.8, 4) is 5.75 Å². The second-order valence-corrected chi connectivity index (χ2v) is 3.90. The Morgan fingerprint density at radius 1 is 1.62 bits per heavy atom. The van der Waals surface area contributed by atoms with Gasteiger partial charge in [-0.3, -0.25) is 4.79 Å². The van der Waals surface area contributed by atoms with Crippen LogP contribution in [0.5, 0.6) is 5.75 Å². The molecule has 0 fully saturated rings. The van der Waals surface area contributed by atoms with E-state index in [9.17, 15) is 4.79 Å². The number of carbonyl (C=O) groups is 1.